The van der Waals surface area contributed by atoms with E-state index in [4.69, 9.17) is 0 Å². The topological polar surface area (TPSA) is 12.0 Å². The molecular weight excluding hydrogens is 160 g/mol. The summed E-state index contributed by atoms with van der Waals surface area (Å²) >= 11 is 0. The van der Waals surface area contributed by atoms with E-state index in [9.17, 15) is 8.78 Å². The van der Waals surface area contributed by atoms with Crippen molar-refractivity contribution < 1.29 is 8.78 Å². The predicted octanol–water partition coefficient (Wildman–Crippen LogP) is 2.22. The van der Waals surface area contributed by atoms with Crippen LogP contribution in [0, 0.1) is 0 Å². The standard InChI is InChI=1S/C9H17F2N/c1-8(2,10)7-9(11)3-5-12-6-4-9/h12H,3-7H2,1-2H3. The molecule has 3 heteroatoms. The van der Waals surface area contributed by atoms with Crippen molar-refractivity contribution in [3.05, 3.63) is 0 Å². The first-order chi connectivity index (χ1) is 5.41. The molecule has 0 saturated carbocycles. The molecule has 1 nitrogen and oxygen atoms in total. The summed E-state index contributed by atoms with van der Waals surface area (Å²) in [6, 6.07) is 0. The lowest BCUT2D eigenvalue weighted by Gasteiger charge is -2.33. The third-order valence-corrected chi connectivity index (χ3v) is 2.24. The highest BCUT2D eigenvalue weighted by molar-refractivity contribution is 4.89. The molecule has 12 heavy (non-hydrogen) atoms. The molecule has 0 unspecified atom stereocenters. The molecule has 0 aromatic rings. The Morgan fingerprint density at radius 1 is 1.33 bits per heavy atom. The van der Waals surface area contributed by atoms with E-state index < -0.39 is 11.3 Å². The summed E-state index contributed by atoms with van der Waals surface area (Å²) < 4.78 is 26.9. The molecule has 0 bridgehead atoms. The lowest BCUT2D eigenvalue weighted by molar-refractivity contribution is 0.0394. The van der Waals surface area contributed by atoms with Crippen LogP contribution in [0.15, 0.2) is 0 Å². The second kappa shape index (κ2) is 3.29. The van der Waals surface area contributed by atoms with Crippen molar-refractivity contribution >= 4 is 0 Å². The second-order valence-electron chi connectivity index (χ2n) is 4.30. The van der Waals surface area contributed by atoms with Crippen LogP contribution in [-0.2, 0) is 0 Å². The first-order valence-electron chi connectivity index (χ1n) is 4.50. The highest BCUT2D eigenvalue weighted by Gasteiger charge is 2.37. The van der Waals surface area contributed by atoms with Gasteiger partial charge in [0.2, 0.25) is 0 Å². The zero-order valence-electron chi connectivity index (χ0n) is 7.79. The van der Waals surface area contributed by atoms with E-state index in [2.05, 4.69) is 5.32 Å². The molecule has 0 aromatic heterocycles. The van der Waals surface area contributed by atoms with Crippen LogP contribution >= 0.6 is 0 Å². The van der Waals surface area contributed by atoms with Gasteiger partial charge >= 0.3 is 0 Å². The van der Waals surface area contributed by atoms with E-state index in [0.717, 1.165) is 0 Å². The molecule has 0 aliphatic carbocycles. The van der Waals surface area contributed by atoms with Crippen LogP contribution in [0.25, 0.3) is 0 Å². The van der Waals surface area contributed by atoms with Gasteiger partial charge in [0.1, 0.15) is 11.3 Å². The van der Waals surface area contributed by atoms with Gasteiger partial charge in [0.15, 0.2) is 0 Å². The Kier molecular flexibility index (Phi) is 2.71. The SMILES string of the molecule is CC(C)(F)CC1(F)CCNCC1. The summed E-state index contributed by atoms with van der Waals surface area (Å²) in [4.78, 5) is 0. The minimum atomic E-state index is -1.38. The molecular formula is C9H17F2N. The molecule has 72 valence electrons. The Morgan fingerprint density at radius 3 is 2.25 bits per heavy atom. The van der Waals surface area contributed by atoms with Crippen LogP contribution in [0.5, 0.6) is 0 Å². The van der Waals surface area contributed by atoms with E-state index >= 15 is 0 Å². The van der Waals surface area contributed by atoms with Crippen molar-refractivity contribution in [2.24, 2.45) is 0 Å². The zero-order valence-corrected chi connectivity index (χ0v) is 7.79. The molecule has 1 saturated heterocycles. The molecule has 0 spiro atoms. The Bertz CT molecular complexity index is 145. The molecule has 0 atom stereocenters. The van der Waals surface area contributed by atoms with Gasteiger partial charge in [-0.25, -0.2) is 8.78 Å². The first-order valence-corrected chi connectivity index (χ1v) is 4.50. The van der Waals surface area contributed by atoms with Crippen molar-refractivity contribution in [2.45, 2.75) is 44.4 Å². The number of rotatable bonds is 2. The molecule has 0 amide bonds. The van der Waals surface area contributed by atoms with Crippen molar-refractivity contribution in [3.8, 4) is 0 Å². The molecule has 1 rings (SSSR count). The highest BCUT2D eigenvalue weighted by atomic mass is 19.2. The lowest BCUT2D eigenvalue weighted by atomic mass is 9.85. The van der Waals surface area contributed by atoms with Gasteiger partial charge in [-0.05, 0) is 39.8 Å². The highest BCUT2D eigenvalue weighted by Crippen LogP contribution is 2.33. The Hall–Kier alpha value is -0.180. The van der Waals surface area contributed by atoms with Gasteiger partial charge in [-0.15, -0.1) is 0 Å². The fourth-order valence-corrected chi connectivity index (χ4v) is 1.80. The van der Waals surface area contributed by atoms with E-state index in [0.29, 0.717) is 25.9 Å². The molecule has 1 heterocycles. The van der Waals surface area contributed by atoms with E-state index in [1.54, 1.807) is 0 Å². The number of hydrogen-bond donors (Lipinski definition) is 1. The summed E-state index contributed by atoms with van der Waals surface area (Å²) in [7, 11) is 0. The van der Waals surface area contributed by atoms with Gasteiger partial charge in [-0.1, -0.05) is 0 Å². The molecule has 1 fully saturated rings. The maximum atomic E-state index is 13.8. The molecule has 1 N–H and O–H groups in total. The van der Waals surface area contributed by atoms with Gasteiger partial charge in [0, 0.05) is 6.42 Å². The van der Waals surface area contributed by atoms with Gasteiger partial charge in [-0.3, -0.25) is 0 Å². The van der Waals surface area contributed by atoms with Crippen molar-refractivity contribution in [1.29, 1.82) is 0 Å². The first kappa shape index (κ1) is 9.90. The van der Waals surface area contributed by atoms with Crippen LogP contribution in [0.3, 0.4) is 0 Å². The fraction of sp³-hybridized carbons (Fsp3) is 1.00. The monoisotopic (exact) mass is 177 g/mol. The van der Waals surface area contributed by atoms with Gasteiger partial charge < -0.3 is 5.32 Å². The van der Waals surface area contributed by atoms with Crippen LogP contribution in [0.4, 0.5) is 8.78 Å². The number of halogens is 2. The van der Waals surface area contributed by atoms with E-state index in [1.807, 2.05) is 0 Å². The third-order valence-electron chi connectivity index (χ3n) is 2.24. The van der Waals surface area contributed by atoms with Crippen molar-refractivity contribution in [2.75, 3.05) is 13.1 Å². The number of hydrogen-bond acceptors (Lipinski definition) is 1. The largest absolute Gasteiger partial charge is 0.316 e. The number of alkyl halides is 2. The van der Waals surface area contributed by atoms with Crippen LogP contribution in [0.1, 0.15) is 33.1 Å². The van der Waals surface area contributed by atoms with Crippen LogP contribution in [-0.4, -0.2) is 24.4 Å². The van der Waals surface area contributed by atoms with E-state index in [-0.39, 0.29) is 6.42 Å². The second-order valence-corrected chi connectivity index (χ2v) is 4.30. The number of nitrogens with one attached hydrogen (secondary N) is 1. The molecule has 1 aliphatic heterocycles. The average molecular weight is 177 g/mol. The molecule has 0 radical (unpaired) electrons. The summed E-state index contributed by atoms with van der Waals surface area (Å²) in [6.45, 7) is 4.23. The van der Waals surface area contributed by atoms with E-state index in [1.165, 1.54) is 13.8 Å². The van der Waals surface area contributed by atoms with Crippen molar-refractivity contribution in [3.63, 3.8) is 0 Å². The quantitative estimate of drug-likeness (QED) is 0.682. The normalized spacial score (nSPS) is 24.0. The Balaban J connectivity index is 2.47. The van der Waals surface area contributed by atoms with Gasteiger partial charge in [-0.2, -0.15) is 0 Å². The maximum Gasteiger partial charge on any atom is 0.116 e. The van der Waals surface area contributed by atoms with Crippen molar-refractivity contribution in [1.82, 2.24) is 5.32 Å². The summed E-state index contributed by atoms with van der Waals surface area (Å²) in [6.07, 6.45) is 0.919. The molecule has 1 aliphatic rings. The summed E-state index contributed by atoms with van der Waals surface area (Å²) in [5.41, 5.74) is -2.66. The maximum absolute atomic E-state index is 13.8. The zero-order chi connectivity index (χ0) is 9.24. The Labute approximate surface area is 72.5 Å². The van der Waals surface area contributed by atoms with Gasteiger partial charge in [0.05, 0.1) is 0 Å². The predicted molar refractivity (Wildman–Crippen MR) is 45.7 cm³/mol. The minimum absolute atomic E-state index is 0.0294. The minimum Gasteiger partial charge on any atom is -0.316 e. The van der Waals surface area contributed by atoms with Crippen LogP contribution < -0.4 is 5.32 Å². The fourth-order valence-electron chi connectivity index (χ4n) is 1.80. The summed E-state index contributed by atoms with van der Waals surface area (Å²) in [5, 5.41) is 3.06. The van der Waals surface area contributed by atoms with Gasteiger partial charge in [0.25, 0.3) is 0 Å². The third kappa shape index (κ3) is 3.05. The summed E-state index contributed by atoms with van der Waals surface area (Å²) in [5.74, 6) is 0. The average Bonchev–Trinajstić information content (AvgIpc) is 1.83. The van der Waals surface area contributed by atoms with Crippen LogP contribution in [0.2, 0.25) is 0 Å². The smallest absolute Gasteiger partial charge is 0.116 e. The number of piperidine rings is 1. The lowest BCUT2D eigenvalue weighted by Crippen LogP contribution is -2.42. The Morgan fingerprint density at radius 2 is 1.83 bits per heavy atom. The molecule has 0 aromatic carbocycles.